The van der Waals surface area contributed by atoms with E-state index in [0.29, 0.717) is 11.8 Å². The minimum absolute atomic E-state index is 0.669. The average Bonchev–Trinajstić information content (AvgIpc) is 2.95. The fraction of sp³-hybridized carbons (Fsp3) is 0.455. The van der Waals surface area contributed by atoms with Crippen molar-refractivity contribution in [3.05, 3.63) is 35.9 Å². The van der Waals surface area contributed by atoms with Gasteiger partial charge in [0.2, 0.25) is 11.8 Å². The van der Waals surface area contributed by atoms with Crippen LogP contribution in [0.2, 0.25) is 0 Å². The van der Waals surface area contributed by atoms with E-state index in [0.717, 1.165) is 31.6 Å². The van der Waals surface area contributed by atoms with E-state index in [9.17, 15) is 0 Å². The summed E-state index contributed by atoms with van der Waals surface area (Å²) in [5.74, 6) is 2.29. The maximum absolute atomic E-state index is 5.48. The zero-order valence-electron chi connectivity index (χ0n) is 9.27. The third kappa shape index (κ3) is 2.93. The Morgan fingerprint density at radius 2 is 2.00 bits per heavy atom. The second-order valence-corrected chi connectivity index (χ2v) is 3.52. The third-order valence-corrected chi connectivity index (χ3v) is 2.26. The fourth-order valence-corrected chi connectivity index (χ4v) is 1.41. The molecule has 16 heavy (non-hydrogen) atoms. The van der Waals surface area contributed by atoms with E-state index < -0.39 is 0 Å². The molecule has 2 aromatic heterocycles. The number of furan rings is 1. The second kappa shape index (κ2) is 5.46. The van der Waals surface area contributed by atoms with Gasteiger partial charge in [0.25, 0.3) is 0 Å². The largest absolute Gasteiger partial charge is 0.469 e. The maximum atomic E-state index is 5.48. The van der Waals surface area contributed by atoms with Crippen molar-refractivity contribution in [2.75, 3.05) is 13.6 Å². The second-order valence-electron chi connectivity index (χ2n) is 3.52. The van der Waals surface area contributed by atoms with E-state index in [1.807, 2.05) is 19.2 Å². The first-order chi connectivity index (χ1) is 7.88. The number of aromatic nitrogens is 2. The van der Waals surface area contributed by atoms with Crippen molar-refractivity contribution in [3.63, 3.8) is 0 Å². The summed E-state index contributed by atoms with van der Waals surface area (Å²) in [6.45, 7) is 0.847. The van der Waals surface area contributed by atoms with Crippen molar-refractivity contribution in [2.45, 2.75) is 19.3 Å². The molecular formula is C11H15N3O2. The minimum Gasteiger partial charge on any atom is -0.469 e. The lowest BCUT2D eigenvalue weighted by Crippen LogP contribution is -2.10. The van der Waals surface area contributed by atoms with Gasteiger partial charge in [-0.25, -0.2) is 0 Å². The van der Waals surface area contributed by atoms with Crippen molar-refractivity contribution >= 4 is 0 Å². The summed E-state index contributed by atoms with van der Waals surface area (Å²) < 4.78 is 10.7. The van der Waals surface area contributed by atoms with Gasteiger partial charge in [-0.05, 0) is 19.2 Å². The minimum atomic E-state index is 0.669. The lowest BCUT2D eigenvalue weighted by Gasteiger charge is -1.93. The topological polar surface area (TPSA) is 64.1 Å². The van der Waals surface area contributed by atoms with Gasteiger partial charge in [0.1, 0.15) is 5.76 Å². The van der Waals surface area contributed by atoms with E-state index in [2.05, 4.69) is 15.5 Å². The van der Waals surface area contributed by atoms with Gasteiger partial charge in [-0.1, -0.05) is 0 Å². The third-order valence-electron chi connectivity index (χ3n) is 2.26. The quantitative estimate of drug-likeness (QED) is 0.794. The molecule has 5 nitrogen and oxygen atoms in total. The van der Waals surface area contributed by atoms with Gasteiger partial charge in [-0.3, -0.25) is 0 Å². The van der Waals surface area contributed by atoms with E-state index in [1.54, 1.807) is 6.26 Å². The Morgan fingerprint density at radius 3 is 2.69 bits per heavy atom. The Hall–Kier alpha value is -1.62. The summed E-state index contributed by atoms with van der Waals surface area (Å²) in [6, 6.07) is 3.82. The van der Waals surface area contributed by atoms with Crippen LogP contribution in [-0.4, -0.2) is 23.8 Å². The van der Waals surface area contributed by atoms with E-state index in [4.69, 9.17) is 8.83 Å². The van der Waals surface area contributed by atoms with Crippen LogP contribution in [0.1, 0.15) is 17.5 Å². The van der Waals surface area contributed by atoms with Gasteiger partial charge in [0, 0.05) is 25.8 Å². The zero-order valence-corrected chi connectivity index (χ0v) is 9.27. The molecule has 1 N–H and O–H groups in total. The molecule has 0 radical (unpaired) electrons. The van der Waals surface area contributed by atoms with Gasteiger partial charge in [0.15, 0.2) is 0 Å². The Balaban J connectivity index is 1.83. The molecule has 2 aromatic rings. The molecule has 0 spiro atoms. The Labute approximate surface area is 93.9 Å². The first-order valence-corrected chi connectivity index (χ1v) is 5.36. The molecule has 0 unspecified atom stereocenters. The number of nitrogens with zero attached hydrogens (tertiary/aromatic N) is 2. The van der Waals surface area contributed by atoms with Crippen molar-refractivity contribution in [1.29, 1.82) is 0 Å². The maximum Gasteiger partial charge on any atom is 0.217 e. The zero-order chi connectivity index (χ0) is 11.2. The molecular weight excluding hydrogens is 206 g/mol. The number of likely N-dealkylation sites (N-methyl/N-ethyl adjacent to an activating group) is 1. The van der Waals surface area contributed by atoms with Crippen molar-refractivity contribution in [1.82, 2.24) is 15.5 Å². The average molecular weight is 221 g/mol. The van der Waals surface area contributed by atoms with Crippen LogP contribution in [0.4, 0.5) is 0 Å². The Morgan fingerprint density at radius 1 is 1.19 bits per heavy atom. The molecule has 0 aliphatic rings. The highest BCUT2D eigenvalue weighted by atomic mass is 16.4. The summed E-state index contributed by atoms with van der Waals surface area (Å²) in [7, 11) is 1.90. The smallest absolute Gasteiger partial charge is 0.217 e. The SMILES string of the molecule is CNCCc1nnc(CCc2ccco2)o1. The van der Waals surface area contributed by atoms with E-state index in [-0.39, 0.29) is 0 Å². The highest BCUT2D eigenvalue weighted by molar-refractivity contribution is 4.99. The summed E-state index contributed by atoms with van der Waals surface area (Å²) in [5.41, 5.74) is 0. The van der Waals surface area contributed by atoms with Crippen molar-refractivity contribution in [2.24, 2.45) is 0 Å². The van der Waals surface area contributed by atoms with Crippen molar-refractivity contribution < 1.29 is 8.83 Å². The molecule has 2 rings (SSSR count). The Bertz CT molecular complexity index is 409. The molecule has 0 aliphatic heterocycles. The molecule has 0 atom stereocenters. The monoisotopic (exact) mass is 221 g/mol. The van der Waals surface area contributed by atoms with Crippen LogP contribution in [0, 0.1) is 0 Å². The molecule has 0 saturated carbocycles. The standard InChI is InChI=1S/C11H15N3O2/c1-12-7-6-11-14-13-10(16-11)5-4-9-3-2-8-15-9/h2-3,8,12H,4-7H2,1H3. The lowest BCUT2D eigenvalue weighted by atomic mass is 10.2. The lowest BCUT2D eigenvalue weighted by molar-refractivity contribution is 0.434. The summed E-state index contributed by atoms with van der Waals surface area (Å²) in [4.78, 5) is 0. The summed E-state index contributed by atoms with van der Waals surface area (Å²) in [5, 5.41) is 11.0. The fourth-order valence-electron chi connectivity index (χ4n) is 1.41. The number of rotatable bonds is 6. The van der Waals surface area contributed by atoms with Crippen LogP contribution in [0.15, 0.2) is 27.2 Å². The normalized spacial score (nSPS) is 10.8. The highest BCUT2D eigenvalue weighted by Gasteiger charge is 2.06. The van der Waals surface area contributed by atoms with Gasteiger partial charge >= 0.3 is 0 Å². The summed E-state index contributed by atoms with van der Waals surface area (Å²) >= 11 is 0. The first-order valence-electron chi connectivity index (χ1n) is 5.36. The van der Waals surface area contributed by atoms with E-state index >= 15 is 0 Å². The number of aryl methyl sites for hydroxylation is 2. The number of nitrogens with one attached hydrogen (secondary N) is 1. The predicted octanol–water partition coefficient (Wildman–Crippen LogP) is 1.21. The molecule has 0 bridgehead atoms. The molecule has 2 heterocycles. The van der Waals surface area contributed by atoms with Crippen LogP contribution in [-0.2, 0) is 19.3 Å². The molecule has 86 valence electrons. The molecule has 0 saturated heterocycles. The Kier molecular flexibility index (Phi) is 3.71. The first kappa shape index (κ1) is 10.9. The van der Waals surface area contributed by atoms with Gasteiger partial charge < -0.3 is 14.2 Å². The van der Waals surface area contributed by atoms with Crippen LogP contribution in [0.25, 0.3) is 0 Å². The predicted molar refractivity (Wildman–Crippen MR) is 58.0 cm³/mol. The van der Waals surface area contributed by atoms with Crippen LogP contribution in [0.3, 0.4) is 0 Å². The summed E-state index contributed by atoms with van der Waals surface area (Å²) in [6.07, 6.45) is 3.95. The highest BCUT2D eigenvalue weighted by Crippen LogP contribution is 2.07. The molecule has 0 aromatic carbocycles. The van der Waals surface area contributed by atoms with Gasteiger partial charge in [0.05, 0.1) is 6.26 Å². The van der Waals surface area contributed by atoms with Crippen LogP contribution >= 0.6 is 0 Å². The molecule has 5 heteroatoms. The van der Waals surface area contributed by atoms with Gasteiger partial charge in [-0.2, -0.15) is 0 Å². The number of hydrogen-bond acceptors (Lipinski definition) is 5. The van der Waals surface area contributed by atoms with Gasteiger partial charge in [-0.15, -0.1) is 10.2 Å². The molecule has 0 amide bonds. The van der Waals surface area contributed by atoms with E-state index in [1.165, 1.54) is 0 Å². The molecule has 0 fully saturated rings. The molecule has 0 aliphatic carbocycles. The number of hydrogen-bond donors (Lipinski definition) is 1. The van der Waals surface area contributed by atoms with Crippen LogP contribution < -0.4 is 5.32 Å². The van der Waals surface area contributed by atoms with Crippen molar-refractivity contribution in [3.8, 4) is 0 Å². The van der Waals surface area contributed by atoms with Crippen LogP contribution in [0.5, 0.6) is 0 Å².